The summed E-state index contributed by atoms with van der Waals surface area (Å²) in [5.41, 5.74) is 0.886. The Morgan fingerprint density at radius 2 is 2.14 bits per heavy atom. The molecule has 1 amide bonds. The normalized spacial score (nSPS) is 17.3. The molecule has 1 saturated heterocycles. The highest BCUT2D eigenvalue weighted by Gasteiger charge is 2.17. The van der Waals surface area contributed by atoms with Crippen LogP contribution in [0.5, 0.6) is 0 Å². The number of pyridine rings is 1. The maximum absolute atomic E-state index is 12.1. The van der Waals surface area contributed by atoms with Crippen LogP contribution in [-0.4, -0.2) is 60.5 Å². The number of halogens is 1. The van der Waals surface area contributed by atoms with E-state index < -0.39 is 0 Å². The lowest BCUT2D eigenvalue weighted by molar-refractivity contribution is -0.116. The Morgan fingerprint density at radius 3 is 2.86 bits per heavy atom. The molecule has 1 aliphatic heterocycles. The van der Waals surface area contributed by atoms with Gasteiger partial charge in [-0.1, -0.05) is 12.5 Å². The minimum atomic E-state index is -0.0551. The van der Waals surface area contributed by atoms with Crippen molar-refractivity contribution in [2.75, 3.05) is 38.0 Å². The minimum absolute atomic E-state index is 0. The number of likely N-dealkylation sites (tertiary alicyclic amines) is 1. The van der Waals surface area contributed by atoms with Gasteiger partial charge >= 0.3 is 0 Å². The van der Waals surface area contributed by atoms with Crippen LogP contribution in [0.15, 0.2) is 23.2 Å². The number of carbonyl (C=O) groups is 1. The molecule has 2 heterocycles. The number of carbonyl (C=O) groups excluding carboxylic acids is 1. The molecule has 29 heavy (non-hydrogen) atoms. The summed E-state index contributed by atoms with van der Waals surface area (Å²) in [6, 6.07) is 6.29. The molecule has 8 heteroatoms. The molecule has 1 aliphatic rings. The molecule has 0 aromatic carbocycles. The fraction of sp³-hybridized carbons (Fsp3) is 0.667. The maximum Gasteiger partial charge on any atom is 0.227 e. The van der Waals surface area contributed by atoms with Crippen LogP contribution in [0.1, 0.15) is 51.6 Å². The van der Waals surface area contributed by atoms with Gasteiger partial charge in [-0.2, -0.15) is 0 Å². The van der Waals surface area contributed by atoms with Gasteiger partial charge in [-0.25, -0.2) is 4.98 Å². The first kappa shape index (κ1) is 25.6. The molecule has 0 aliphatic carbocycles. The number of hydrogen-bond donors (Lipinski definition) is 3. The third-order valence-electron chi connectivity index (χ3n) is 4.96. The van der Waals surface area contributed by atoms with E-state index in [1.54, 1.807) is 6.07 Å². The van der Waals surface area contributed by atoms with E-state index in [1.807, 2.05) is 26.0 Å². The molecule has 0 bridgehead atoms. The van der Waals surface area contributed by atoms with Crippen LogP contribution in [-0.2, 0) is 4.79 Å². The zero-order chi connectivity index (χ0) is 20.2. The van der Waals surface area contributed by atoms with Gasteiger partial charge in [-0.15, -0.1) is 24.0 Å². The smallest absolute Gasteiger partial charge is 0.227 e. The van der Waals surface area contributed by atoms with Gasteiger partial charge in [-0.05, 0) is 58.7 Å². The number of nitrogens with one attached hydrogen (secondary N) is 3. The van der Waals surface area contributed by atoms with E-state index in [9.17, 15) is 4.79 Å². The molecule has 1 fully saturated rings. The number of nitrogens with zero attached hydrogens (tertiary/aromatic N) is 3. The Labute approximate surface area is 192 Å². The zero-order valence-corrected chi connectivity index (χ0v) is 20.4. The molecule has 164 valence electrons. The molecule has 3 N–H and O–H groups in total. The number of rotatable bonds is 9. The van der Waals surface area contributed by atoms with Crippen LogP contribution >= 0.6 is 24.0 Å². The number of guanidine groups is 1. The fourth-order valence-corrected chi connectivity index (χ4v) is 3.41. The van der Waals surface area contributed by atoms with E-state index in [2.05, 4.69) is 37.8 Å². The summed E-state index contributed by atoms with van der Waals surface area (Å²) in [5, 5.41) is 9.31. The highest BCUT2D eigenvalue weighted by Crippen LogP contribution is 2.16. The third kappa shape index (κ3) is 10.3. The van der Waals surface area contributed by atoms with Crippen LogP contribution in [0, 0.1) is 6.92 Å². The van der Waals surface area contributed by atoms with Gasteiger partial charge in [0.05, 0.1) is 0 Å². The van der Waals surface area contributed by atoms with E-state index in [0.717, 1.165) is 37.7 Å². The Morgan fingerprint density at radius 1 is 1.31 bits per heavy atom. The predicted octanol–water partition coefficient (Wildman–Crippen LogP) is 3.16. The topological polar surface area (TPSA) is 81.7 Å². The largest absolute Gasteiger partial charge is 0.357 e. The van der Waals surface area contributed by atoms with Crippen molar-refractivity contribution in [2.24, 2.45) is 4.99 Å². The van der Waals surface area contributed by atoms with Gasteiger partial charge < -0.3 is 20.9 Å². The number of aryl methyl sites for hydroxylation is 1. The summed E-state index contributed by atoms with van der Waals surface area (Å²) < 4.78 is 0. The van der Waals surface area contributed by atoms with Crippen molar-refractivity contribution >= 4 is 41.7 Å². The average Bonchev–Trinajstić information content (AvgIpc) is 2.66. The second kappa shape index (κ2) is 14.5. The van der Waals surface area contributed by atoms with Gasteiger partial charge in [0.1, 0.15) is 5.82 Å². The van der Waals surface area contributed by atoms with Crippen LogP contribution in [0.2, 0.25) is 0 Å². The lowest BCUT2D eigenvalue weighted by Crippen LogP contribution is -2.39. The number of piperidine rings is 1. The van der Waals surface area contributed by atoms with E-state index in [1.165, 1.54) is 25.8 Å². The molecular formula is C21H37IN6O. The van der Waals surface area contributed by atoms with Crippen LogP contribution in [0.4, 0.5) is 5.82 Å². The molecular weight excluding hydrogens is 479 g/mol. The molecule has 0 saturated carbocycles. The second-order valence-corrected chi connectivity index (χ2v) is 7.38. The summed E-state index contributed by atoms with van der Waals surface area (Å²) in [6.07, 6.45) is 5.41. The SMILES string of the molecule is CCNC(=NCCCN1CCCCC1C)NCCC(=O)Nc1cccc(C)n1.I. The Bertz CT molecular complexity index is 639. The highest BCUT2D eigenvalue weighted by atomic mass is 127. The quantitative estimate of drug-likeness (QED) is 0.203. The van der Waals surface area contributed by atoms with Crippen molar-refractivity contribution in [2.45, 2.75) is 58.9 Å². The number of aromatic nitrogens is 1. The first-order valence-electron chi connectivity index (χ1n) is 10.6. The monoisotopic (exact) mass is 516 g/mol. The highest BCUT2D eigenvalue weighted by molar-refractivity contribution is 14.0. The summed E-state index contributed by atoms with van der Waals surface area (Å²) in [7, 11) is 0. The molecule has 1 unspecified atom stereocenters. The fourth-order valence-electron chi connectivity index (χ4n) is 3.41. The number of amides is 1. The second-order valence-electron chi connectivity index (χ2n) is 7.38. The molecule has 0 spiro atoms. The molecule has 7 nitrogen and oxygen atoms in total. The Kier molecular flexibility index (Phi) is 12.8. The van der Waals surface area contributed by atoms with Gasteiger partial charge in [-0.3, -0.25) is 9.79 Å². The average molecular weight is 516 g/mol. The lowest BCUT2D eigenvalue weighted by atomic mass is 10.0. The Hall–Kier alpha value is -1.42. The Balaban J connectivity index is 0.00000420. The molecule has 1 aromatic rings. The molecule has 0 radical (unpaired) electrons. The zero-order valence-electron chi connectivity index (χ0n) is 18.0. The summed E-state index contributed by atoms with van der Waals surface area (Å²) >= 11 is 0. The van der Waals surface area contributed by atoms with E-state index >= 15 is 0 Å². The van der Waals surface area contributed by atoms with Crippen LogP contribution in [0.3, 0.4) is 0 Å². The summed E-state index contributed by atoms with van der Waals surface area (Å²) in [4.78, 5) is 23.6. The first-order chi connectivity index (χ1) is 13.6. The van der Waals surface area contributed by atoms with Crippen LogP contribution in [0.25, 0.3) is 0 Å². The first-order valence-corrected chi connectivity index (χ1v) is 10.6. The van der Waals surface area contributed by atoms with Crippen molar-refractivity contribution in [3.63, 3.8) is 0 Å². The van der Waals surface area contributed by atoms with E-state index in [0.29, 0.717) is 24.8 Å². The number of anilines is 1. The molecule has 2 rings (SSSR count). The standard InChI is InChI=1S/C21H36N6O.HI/c1-4-22-21(23-13-8-16-27-15-6-5-10-18(27)3)24-14-12-20(28)26-19-11-7-9-17(2)25-19;/h7,9,11,18H,4-6,8,10,12-16H2,1-3H3,(H2,22,23,24)(H,25,26,28);1H. The van der Waals surface area contributed by atoms with Gasteiger partial charge in [0.25, 0.3) is 0 Å². The number of hydrogen-bond acceptors (Lipinski definition) is 4. The van der Waals surface area contributed by atoms with Crippen molar-refractivity contribution in [1.29, 1.82) is 0 Å². The maximum atomic E-state index is 12.1. The van der Waals surface area contributed by atoms with Crippen molar-refractivity contribution in [1.82, 2.24) is 20.5 Å². The van der Waals surface area contributed by atoms with Crippen molar-refractivity contribution < 1.29 is 4.79 Å². The lowest BCUT2D eigenvalue weighted by Gasteiger charge is -2.33. The van der Waals surface area contributed by atoms with Crippen LogP contribution < -0.4 is 16.0 Å². The van der Waals surface area contributed by atoms with E-state index in [4.69, 9.17) is 0 Å². The van der Waals surface area contributed by atoms with E-state index in [-0.39, 0.29) is 29.9 Å². The third-order valence-corrected chi connectivity index (χ3v) is 4.96. The van der Waals surface area contributed by atoms with Gasteiger partial charge in [0.2, 0.25) is 5.91 Å². The van der Waals surface area contributed by atoms with Gasteiger partial charge in [0, 0.05) is 44.3 Å². The number of aliphatic imine (C=N–C) groups is 1. The predicted molar refractivity (Wildman–Crippen MR) is 131 cm³/mol. The van der Waals surface area contributed by atoms with Crippen molar-refractivity contribution in [3.05, 3.63) is 23.9 Å². The molecule has 1 aromatic heterocycles. The summed E-state index contributed by atoms with van der Waals surface area (Å²) in [6.45, 7) is 10.7. The molecule has 1 atom stereocenters. The summed E-state index contributed by atoms with van der Waals surface area (Å²) in [5.74, 6) is 1.31. The minimum Gasteiger partial charge on any atom is -0.357 e. The van der Waals surface area contributed by atoms with Crippen molar-refractivity contribution in [3.8, 4) is 0 Å². The van der Waals surface area contributed by atoms with Gasteiger partial charge in [0.15, 0.2) is 5.96 Å².